The molecule has 2 aliphatic carbocycles. The van der Waals surface area contributed by atoms with Crippen molar-refractivity contribution in [3.63, 3.8) is 0 Å². The summed E-state index contributed by atoms with van der Waals surface area (Å²) >= 11 is 0. The third kappa shape index (κ3) is 9.35. The van der Waals surface area contributed by atoms with Gasteiger partial charge in [0.2, 0.25) is 21.8 Å². The van der Waals surface area contributed by atoms with E-state index in [0.717, 1.165) is 5.56 Å². The van der Waals surface area contributed by atoms with Gasteiger partial charge in [0.25, 0.3) is 5.91 Å². The van der Waals surface area contributed by atoms with Crippen molar-refractivity contribution in [1.82, 2.24) is 25.2 Å². The Labute approximate surface area is 334 Å². The van der Waals surface area contributed by atoms with Gasteiger partial charge in [-0.3, -0.25) is 19.1 Å². The average molecular weight is 804 g/mol. The molecule has 1 saturated heterocycles. The van der Waals surface area contributed by atoms with Crippen molar-refractivity contribution < 1.29 is 41.8 Å². The minimum Gasteiger partial charge on any atom is -0.497 e. The molecule has 1 aromatic heterocycles. The number of fused-ring (bicyclic) bond motifs is 1. The van der Waals surface area contributed by atoms with Crippen LogP contribution in [-0.4, -0.2) is 91.4 Å². The topological polar surface area (TPSA) is 182 Å². The van der Waals surface area contributed by atoms with Gasteiger partial charge >= 0.3 is 6.09 Å². The normalized spacial score (nSPS) is 22.6. The van der Waals surface area contributed by atoms with Crippen molar-refractivity contribution in [2.75, 3.05) is 20.3 Å². The monoisotopic (exact) mass is 803 g/mol. The lowest BCUT2D eigenvalue weighted by Gasteiger charge is -2.35. The van der Waals surface area contributed by atoms with Crippen LogP contribution >= 0.6 is 0 Å². The molecule has 2 unspecified atom stereocenters. The Morgan fingerprint density at radius 2 is 1.74 bits per heavy atom. The molecule has 3 aromatic rings. The first-order valence-electron chi connectivity index (χ1n) is 19.2. The van der Waals surface area contributed by atoms with Crippen LogP contribution in [0.25, 0.3) is 22.2 Å². The number of hydrogen-bond acceptors (Lipinski definition) is 10. The van der Waals surface area contributed by atoms with E-state index in [1.807, 2.05) is 63.2 Å². The first-order chi connectivity index (χ1) is 26.7. The Hall–Kier alpha value is -5.18. The highest BCUT2D eigenvalue weighted by molar-refractivity contribution is 7.91. The average Bonchev–Trinajstić information content (AvgIpc) is 4.08. The molecule has 0 radical (unpaired) electrons. The van der Waals surface area contributed by atoms with Crippen molar-refractivity contribution in [2.45, 2.75) is 96.2 Å². The van der Waals surface area contributed by atoms with E-state index in [1.165, 1.54) is 11.0 Å². The number of carbonyl (C=O) groups excluding carboxylic acids is 4. The lowest BCUT2D eigenvalue weighted by molar-refractivity contribution is -0.142. The Bertz CT molecular complexity index is 2160. The van der Waals surface area contributed by atoms with E-state index < -0.39 is 74.1 Å². The van der Waals surface area contributed by atoms with Crippen molar-refractivity contribution in [3.8, 4) is 22.8 Å². The van der Waals surface area contributed by atoms with Crippen molar-refractivity contribution in [2.24, 2.45) is 16.7 Å². The van der Waals surface area contributed by atoms with E-state index in [1.54, 1.807) is 40.0 Å². The van der Waals surface area contributed by atoms with E-state index in [4.69, 9.17) is 19.2 Å². The zero-order chi connectivity index (χ0) is 41.5. The lowest BCUT2D eigenvalue weighted by Crippen LogP contribution is -2.60. The van der Waals surface area contributed by atoms with E-state index in [0.29, 0.717) is 40.9 Å². The third-order valence-corrected chi connectivity index (χ3v) is 12.3. The number of nitrogens with one attached hydrogen (secondary N) is 3. The number of rotatable bonds is 13. The number of alkyl carbamates (subject to hydrolysis) is 1. The number of nitrogens with zero attached hydrogens (tertiary/aromatic N) is 2. The Morgan fingerprint density at radius 3 is 2.33 bits per heavy atom. The maximum absolute atomic E-state index is 14.7. The van der Waals surface area contributed by atoms with Crippen LogP contribution in [0, 0.1) is 16.7 Å². The van der Waals surface area contributed by atoms with Crippen LogP contribution < -0.4 is 24.8 Å². The van der Waals surface area contributed by atoms with E-state index in [9.17, 15) is 27.6 Å². The van der Waals surface area contributed by atoms with Gasteiger partial charge in [-0.25, -0.2) is 18.2 Å². The molecule has 2 aromatic carbocycles. The zero-order valence-corrected chi connectivity index (χ0v) is 34.4. The number of amides is 4. The van der Waals surface area contributed by atoms with Crippen LogP contribution in [0.3, 0.4) is 0 Å². The van der Waals surface area contributed by atoms with Gasteiger partial charge in [-0.1, -0.05) is 78.0 Å². The number of hydrogen-bond donors (Lipinski definition) is 3. The number of methoxy groups -OCH3 is 1. The zero-order valence-electron chi connectivity index (χ0n) is 33.6. The number of aromatic nitrogens is 1. The summed E-state index contributed by atoms with van der Waals surface area (Å²) in [4.78, 5) is 62.1. The van der Waals surface area contributed by atoms with Crippen LogP contribution in [0.15, 0.2) is 67.3 Å². The van der Waals surface area contributed by atoms with Gasteiger partial charge < -0.3 is 29.7 Å². The number of carbonyl (C=O) groups is 4. The first kappa shape index (κ1) is 41.5. The number of ether oxygens (including phenoxy) is 3. The molecular weight excluding hydrogens is 751 g/mol. The molecule has 4 amide bonds. The quantitative estimate of drug-likeness (QED) is 0.196. The molecule has 14 nitrogen and oxygen atoms in total. The summed E-state index contributed by atoms with van der Waals surface area (Å²) in [7, 11) is -2.35. The lowest BCUT2D eigenvalue weighted by atomic mass is 9.85. The SMILES string of the molecule is C=CC1CC1(NC(=O)[C@@H]1C[C@@H](Oc2cc(-c3ccccc3)nc3cc(OC)ccc23)CN1C(=O)[C@@H](NC(=O)OCC(C)(C)C)C(C)(C)C)C(=O)NS(=O)(=O)C1CC1. The van der Waals surface area contributed by atoms with Crippen LogP contribution in [0.1, 0.15) is 67.2 Å². The van der Waals surface area contributed by atoms with Gasteiger partial charge in [0.1, 0.15) is 35.2 Å². The minimum atomic E-state index is -3.92. The highest BCUT2D eigenvalue weighted by Gasteiger charge is 2.62. The fraction of sp³-hybridized carbons (Fsp3) is 0.500. The summed E-state index contributed by atoms with van der Waals surface area (Å²) in [5.41, 5.74) is -0.636. The van der Waals surface area contributed by atoms with E-state index in [2.05, 4.69) is 21.9 Å². The van der Waals surface area contributed by atoms with Gasteiger partial charge in [-0.15, -0.1) is 6.58 Å². The molecular formula is C42H53N5O9S. The number of benzene rings is 2. The predicted octanol–water partition coefficient (Wildman–Crippen LogP) is 5.12. The number of sulfonamides is 1. The fourth-order valence-electron chi connectivity index (χ4n) is 6.99. The van der Waals surface area contributed by atoms with Gasteiger partial charge in [0.15, 0.2) is 0 Å². The van der Waals surface area contributed by atoms with Crippen molar-refractivity contribution in [1.29, 1.82) is 0 Å². The van der Waals surface area contributed by atoms with Crippen LogP contribution in [0.5, 0.6) is 11.5 Å². The molecule has 5 atom stereocenters. The highest BCUT2D eigenvalue weighted by atomic mass is 32.2. The van der Waals surface area contributed by atoms with Gasteiger partial charge in [0.05, 0.1) is 36.7 Å². The molecule has 3 fully saturated rings. The Kier molecular flexibility index (Phi) is 11.4. The standard InChI is InChI=1S/C42H53N5O9S/c1-9-26-22-42(26,38(50)46-57(52,53)29-16-17-29)45-36(48)33-20-28(23-47(33)37(49)35(41(5,6)7)44-39(51)55-24-40(2,3)4)56-34-21-31(25-13-11-10-12-14-25)43-32-19-27(54-8)15-18-30(32)34/h9-15,18-19,21,26,28-29,33,35H,1,16-17,20,22-24H2,2-8H3,(H,44,51)(H,45,48)(H,46,50)/t26?,28-,33+,35-,42?/m1/s1. The summed E-state index contributed by atoms with van der Waals surface area (Å²) in [6.07, 6.45) is 1.04. The smallest absolute Gasteiger partial charge is 0.407 e. The molecule has 2 saturated carbocycles. The van der Waals surface area contributed by atoms with Gasteiger partial charge in [-0.2, -0.15) is 0 Å². The second kappa shape index (κ2) is 15.6. The maximum atomic E-state index is 14.7. The molecule has 0 spiro atoms. The molecule has 57 heavy (non-hydrogen) atoms. The molecule has 15 heteroatoms. The molecule has 0 bridgehead atoms. The number of likely N-dealkylation sites (tertiary alicyclic amines) is 1. The molecule has 306 valence electrons. The van der Waals surface area contributed by atoms with E-state index >= 15 is 0 Å². The van der Waals surface area contributed by atoms with Crippen LogP contribution in [-0.2, 0) is 29.1 Å². The largest absolute Gasteiger partial charge is 0.497 e. The first-order valence-corrected chi connectivity index (χ1v) is 20.7. The van der Waals surface area contributed by atoms with Gasteiger partial charge in [-0.05, 0) is 42.2 Å². The fourth-order valence-corrected chi connectivity index (χ4v) is 8.35. The summed E-state index contributed by atoms with van der Waals surface area (Å²) in [5.74, 6) is -1.54. The predicted molar refractivity (Wildman–Crippen MR) is 215 cm³/mol. The van der Waals surface area contributed by atoms with Crippen molar-refractivity contribution >= 4 is 44.7 Å². The summed E-state index contributed by atoms with van der Waals surface area (Å²) < 4.78 is 45.4. The van der Waals surface area contributed by atoms with Crippen LogP contribution in [0.4, 0.5) is 4.79 Å². The molecule has 3 N–H and O–H groups in total. The second-order valence-electron chi connectivity index (χ2n) is 17.5. The molecule has 2 heterocycles. The van der Waals surface area contributed by atoms with Crippen molar-refractivity contribution in [3.05, 3.63) is 67.3 Å². The molecule has 1 aliphatic heterocycles. The molecule has 3 aliphatic rings. The van der Waals surface area contributed by atoms with Gasteiger partial charge in [0, 0.05) is 35.4 Å². The number of pyridine rings is 1. The Balaban J connectivity index is 1.33. The second-order valence-corrected chi connectivity index (χ2v) is 19.5. The maximum Gasteiger partial charge on any atom is 0.407 e. The van der Waals surface area contributed by atoms with E-state index in [-0.39, 0.29) is 31.4 Å². The summed E-state index contributed by atoms with van der Waals surface area (Å²) in [6.45, 7) is 15.0. The Morgan fingerprint density at radius 1 is 1.04 bits per heavy atom. The summed E-state index contributed by atoms with van der Waals surface area (Å²) in [6, 6.07) is 14.5. The molecule has 6 rings (SSSR count). The summed E-state index contributed by atoms with van der Waals surface area (Å²) in [5, 5.41) is 5.58. The van der Waals surface area contributed by atoms with Crippen LogP contribution in [0.2, 0.25) is 0 Å². The third-order valence-electron chi connectivity index (χ3n) is 10.5. The highest BCUT2D eigenvalue weighted by Crippen LogP contribution is 2.46. The minimum absolute atomic E-state index is 0.0143.